The summed E-state index contributed by atoms with van der Waals surface area (Å²) < 4.78 is 8.78. The molecule has 2 aromatic carbocycles. The Morgan fingerprint density at radius 3 is 2.40 bits per heavy atom. The predicted molar refractivity (Wildman–Crippen MR) is 129 cm³/mol. The molecule has 6 rings (SSSR count). The van der Waals surface area contributed by atoms with Gasteiger partial charge in [-0.2, -0.15) is 9.59 Å². The lowest BCUT2D eigenvalue weighted by molar-refractivity contribution is -0.255. The Morgan fingerprint density at radius 2 is 1.77 bits per heavy atom. The smallest absolute Gasteiger partial charge is 0.373 e. The summed E-state index contributed by atoms with van der Waals surface area (Å²) in [7, 11) is 0. The number of carboxylic acids is 1. The van der Waals surface area contributed by atoms with Crippen LogP contribution >= 0.6 is 0 Å². The average Bonchev–Trinajstić information content (AvgIpc) is 2.75. The molecule has 2 saturated heterocycles. The molecule has 35 heavy (non-hydrogen) atoms. The van der Waals surface area contributed by atoms with Gasteiger partial charge in [-0.25, -0.2) is 4.58 Å². The first-order valence-electron chi connectivity index (χ1n) is 11.7. The third kappa shape index (κ3) is 4.00. The minimum Gasteiger partial charge on any atom is -0.545 e. The number of anilines is 1. The first-order chi connectivity index (χ1) is 17.0. The Morgan fingerprint density at radius 1 is 1.00 bits per heavy atom. The molecule has 7 nitrogen and oxygen atoms in total. The molecule has 0 unspecified atom stereocenters. The van der Waals surface area contributed by atoms with Gasteiger partial charge >= 0.3 is 6.15 Å². The summed E-state index contributed by atoms with van der Waals surface area (Å²) in [5.41, 5.74) is 5.52. The van der Waals surface area contributed by atoms with Crippen LogP contribution in [0.5, 0.6) is 0 Å². The minimum absolute atomic E-state index is 0.206. The normalized spacial score (nSPS) is 14.5. The molecule has 3 heterocycles. The highest BCUT2D eigenvalue weighted by molar-refractivity contribution is 6.08. The van der Waals surface area contributed by atoms with Crippen LogP contribution in [0, 0.1) is 6.92 Å². The SMILES string of the molecule is Cc1cccc(C(=O)[O-])c1-c1c2ccc(=[N+]3CCC3)cc-2oc2cc(N3CCC3)ccc12.O=C=O. The number of nitrogens with zero attached hydrogens (tertiary/aromatic N) is 2. The van der Waals surface area contributed by atoms with Crippen molar-refractivity contribution in [3.05, 3.63) is 71.1 Å². The Bertz CT molecular complexity index is 1520. The van der Waals surface area contributed by atoms with E-state index < -0.39 is 5.97 Å². The van der Waals surface area contributed by atoms with Crippen LogP contribution < -0.4 is 19.9 Å². The standard InChI is InChI=1S/C27H24N2O3.CO2/c1-17-5-2-6-22(27(30)31)25(17)26-20-9-7-18(28-11-3-12-28)15-23(20)32-24-16-19(8-10-21(24)26)29-13-4-14-29;2-1-3/h2,5-10,15-16H,3-4,11-14H2,1H3;. The summed E-state index contributed by atoms with van der Waals surface area (Å²) >= 11 is 0. The van der Waals surface area contributed by atoms with Gasteiger partial charge in [0.1, 0.15) is 24.4 Å². The maximum atomic E-state index is 12.1. The predicted octanol–water partition coefficient (Wildman–Crippen LogP) is 2.68. The van der Waals surface area contributed by atoms with E-state index in [0.717, 1.165) is 70.6 Å². The molecule has 4 aliphatic rings. The summed E-state index contributed by atoms with van der Waals surface area (Å²) in [5.74, 6) is -0.398. The number of hydrogen-bond acceptors (Lipinski definition) is 6. The Balaban J connectivity index is 0.000000806. The molecular weight excluding hydrogens is 444 g/mol. The van der Waals surface area contributed by atoms with Crippen molar-refractivity contribution in [3.8, 4) is 22.5 Å². The number of carbonyl (C=O) groups is 1. The molecule has 7 heteroatoms. The van der Waals surface area contributed by atoms with Crippen molar-refractivity contribution in [2.24, 2.45) is 0 Å². The maximum Gasteiger partial charge on any atom is 0.373 e. The molecule has 2 aromatic rings. The van der Waals surface area contributed by atoms with E-state index in [0.29, 0.717) is 5.56 Å². The number of carboxylic acid groups (broad SMARTS) is 1. The van der Waals surface area contributed by atoms with E-state index in [2.05, 4.69) is 45.9 Å². The molecule has 3 aliphatic heterocycles. The van der Waals surface area contributed by atoms with Gasteiger partial charge in [0, 0.05) is 53.0 Å². The van der Waals surface area contributed by atoms with E-state index >= 15 is 0 Å². The zero-order valence-corrected chi connectivity index (χ0v) is 19.4. The topological polar surface area (TPSA) is 93.7 Å². The van der Waals surface area contributed by atoms with Crippen molar-refractivity contribution in [2.75, 3.05) is 31.1 Å². The lowest BCUT2D eigenvalue weighted by Gasteiger charge is -2.33. The molecular formula is C28H24N2O5. The monoisotopic (exact) mass is 468 g/mol. The molecule has 0 aromatic heterocycles. The first kappa shape index (κ1) is 22.6. The molecule has 1 aliphatic carbocycles. The largest absolute Gasteiger partial charge is 0.545 e. The third-order valence-corrected chi connectivity index (χ3v) is 6.87. The number of aryl methyl sites for hydroxylation is 1. The number of fused-ring (bicyclic) bond motifs is 2. The van der Waals surface area contributed by atoms with E-state index in [-0.39, 0.29) is 11.7 Å². The van der Waals surface area contributed by atoms with Crippen molar-refractivity contribution < 1.29 is 23.9 Å². The molecule has 2 fully saturated rings. The van der Waals surface area contributed by atoms with Gasteiger partial charge in [-0.05, 0) is 42.7 Å². The van der Waals surface area contributed by atoms with Crippen LogP contribution in [0.15, 0.2) is 59.0 Å². The second-order valence-corrected chi connectivity index (χ2v) is 8.89. The summed E-state index contributed by atoms with van der Waals surface area (Å²) in [5, 5.41) is 14.1. The Kier molecular flexibility index (Phi) is 5.93. The highest BCUT2D eigenvalue weighted by Crippen LogP contribution is 2.43. The summed E-state index contributed by atoms with van der Waals surface area (Å²) in [6.07, 6.45) is 2.66. The number of aromatic carboxylic acids is 1. The van der Waals surface area contributed by atoms with Crippen molar-refractivity contribution in [1.29, 1.82) is 0 Å². The molecule has 0 spiro atoms. The van der Waals surface area contributed by atoms with Gasteiger partial charge < -0.3 is 19.2 Å². The van der Waals surface area contributed by atoms with E-state index in [1.807, 2.05) is 13.0 Å². The number of rotatable bonds is 3. The molecule has 176 valence electrons. The second-order valence-electron chi connectivity index (χ2n) is 8.89. The quantitative estimate of drug-likeness (QED) is 0.339. The van der Waals surface area contributed by atoms with Crippen LogP contribution in [0.3, 0.4) is 0 Å². The molecule has 0 N–H and O–H groups in total. The Labute approximate surface area is 201 Å². The number of benzene rings is 3. The van der Waals surface area contributed by atoms with Gasteiger partial charge in [0.2, 0.25) is 5.36 Å². The van der Waals surface area contributed by atoms with Gasteiger partial charge in [-0.1, -0.05) is 18.2 Å². The van der Waals surface area contributed by atoms with Crippen molar-refractivity contribution >= 4 is 28.8 Å². The Hall–Kier alpha value is -4.22. The second kappa shape index (κ2) is 9.20. The van der Waals surface area contributed by atoms with Crippen LogP contribution in [0.2, 0.25) is 0 Å². The van der Waals surface area contributed by atoms with Crippen molar-refractivity contribution in [3.63, 3.8) is 0 Å². The van der Waals surface area contributed by atoms with Crippen LogP contribution in [0.1, 0.15) is 28.8 Å². The first-order valence-corrected chi connectivity index (χ1v) is 11.7. The van der Waals surface area contributed by atoms with Gasteiger partial charge in [-0.15, -0.1) is 0 Å². The summed E-state index contributed by atoms with van der Waals surface area (Å²) in [6.45, 7) is 6.16. The van der Waals surface area contributed by atoms with E-state index in [1.165, 1.54) is 12.8 Å². The van der Waals surface area contributed by atoms with Gasteiger partial charge in [-0.3, -0.25) is 0 Å². The fraction of sp³-hybridized carbons (Fsp3) is 0.250. The van der Waals surface area contributed by atoms with Gasteiger partial charge in [0.05, 0.1) is 18.5 Å². The average molecular weight is 469 g/mol. The molecule has 0 atom stereocenters. The third-order valence-electron chi connectivity index (χ3n) is 6.87. The fourth-order valence-corrected chi connectivity index (χ4v) is 4.85. The number of hydrogen-bond donors (Lipinski definition) is 0. The van der Waals surface area contributed by atoms with Crippen LogP contribution in [0.4, 0.5) is 5.69 Å². The van der Waals surface area contributed by atoms with Crippen LogP contribution in [-0.2, 0) is 9.59 Å². The lowest BCUT2D eigenvalue weighted by atomic mass is 9.88. The van der Waals surface area contributed by atoms with Crippen molar-refractivity contribution in [2.45, 2.75) is 19.8 Å². The lowest BCUT2D eigenvalue weighted by Crippen LogP contribution is -2.40. The van der Waals surface area contributed by atoms with Gasteiger partial charge in [0.15, 0.2) is 0 Å². The van der Waals surface area contributed by atoms with Gasteiger partial charge in [0.25, 0.3) is 0 Å². The molecule has 0 amide bonds. The highest BCUT2D eigenvalue weighted by Gasteiger charge is 2.24. The summed E-state index contributed by atoms with van der Waals surface area (Å²) in [6, 6.07) is 17.9. The molecule has 0 bridgehead atoms. The highest BCUT2D eigenvalue weighted by atomic mass is 16.4. The van der Waals surface area contributed by atoms with E-state index in [1.54, 1.807) is 12.1 Å². The molecule has 0 radical (unpaired) electrons. The fourth-order valence-electron chi connectivity index (χ4n) is 4.85. The van der Waals surface area contributed by atoms with Crippen LogP contribution in [0.25, 0.3) is 33.4 Å². The minimum atomic E-state index is -1.17. The van der Waals surface area contributed by atoms with E-state index in [9.17, 15) is 9.90 Å². The van der Waals surface area contributed by atoms with E-state index in [4.69, 9.17) is 14.0 Å². The zero-order chi connectivity index (χ0) is 24.5. The number of carbonyl (C=O) groups excluding carboxylic acids is 3. The maximum absolute atomic E-state index is 12.1. The summed E-state index contributed by atoms with van der Waals surface area (Å²) in [4.78, 5) is 30.6. The van der Waals surface area contributed by atoms with Crippen LogP contribution in [-0.4, -0.2) is 38.3 Å². The molecule has 0 saturated carbocycles. The van der Waals surface area contributed by atoms with Crippen molar-refractivity contribution in [1.82, 2.24) is 4.58 Å². The zero-order valence-electron chi connectivity index (χ0n) is 19.4.